The molecule has 9 N–H and O–H groups in total. The van der Waals surface area contributed by atoms with Gasteiger partial charge in [-0.05, 0) is 126 Å². The van der Waals surface area contributed by atoms with Crippen LogP contribution in [-0.2, 0) is 47.5 Å². The molecule has 34 nitrogen and oxygen atoms in total. The number of hydrogen-bond donors (Lipinski definition) is 6. The van der Waals surface area contributed by atoms with Crippen molar-refractivity contribution in [3.8, 4) is 0 Å². The van der Waals surface area contributed by atoms with Gasteiger partial charge in [0.15, 0.2) is 38.5 Å². The van der Waals surface area contributed by atoms with Gasteiger partial charge in [-0.2, -0.15) is 5.10 Å². The number of guanidine groups is 2. The second kappa shape index (κ2) is 39.7. The van der Waals surface area contributed by atoms with Crippen LogP contribution in [0.3, 0.4) is 0 Å². The summed E-state index contributed by atoms with van der Waals surface area (Å²) in [6.07, 6.45) is 5.83. The SMILES string of the molecule is CC(C)(C)OC(=O)N=C(NC(=O)OC(C)(C)C)n1cccn1.COC(=O)C1=C2C[C@H](N)CN2C(c2nccs2)=N[C@H]1c1ccc(F)cc1Cl.COC(=O)C1=C2C[C@H](N=C(N)N)CN2C(c2nccs2)=N[C@H]1c1ccc(F)cc1Cl.COC(=O)C1=C2C[C@H](N=C(NC(=O)OC(C)(C)C)NC(=O)OC(C)(C)C)CN2C(c2nccs2)=N[C@H]1c1ccc(F)cc1Cl. The highest BCUT2D eigenvalue weighted by atomic mass is 35.5. The predicted octanol–water partition coefficient (Wildman–Crippen LogP) is 13.0. The Morgan fingerprint density at radius 1 is 0.488 bits per heavy atom. The van der Waals surface area contributed by atoms with Crippen LogP contribution in [0.5, 0.6) is 0 Å². The maximum absolute atomic E-state index is 14.0. The second-order valence-corrected chi connectivity index (χ2v) is 35.3. The van der Waals surface area contributed by atoms with E-state index in [1.54, 1.807) is 124 Å². The first-order valence-corrected chi connectivity index (χ1v) is 41.4. The van der Waals surface area contributed by atoms with Crippen LogP contribution in [0.25, 0.3) is 0 Å². The molecular formula is C80H90Cl3F3N20O14S3. The molecule has 6 aliphatic rings. The lowest BCUT2D eigenvalue weighted by molar-refractivity contribution is -0.137. The number of fused-ring (bicyclic) bond motifs is 3. The molecule has 0 aliphatic carbocycles. The third kappa shape index (κ3) is 24.6. The molecule has 0 bridgehead atoms. The fourth-order valence-corrected chi connectivity index (χ4v) is 15.7. The average molecular weight is 1820 g/mol. The molecule has 13 rings (SSSR count). The summed E-state index contributed by atoms with van der Waals surface area (Å²) < 4.78 is 78.5. The van der Waals surface area contributed by atoms with Gasteiger partial charge in [0.25, 0.3) is 0 Å². The Labute approximate surface area is 732 Å². The molecule has 654 valence electrons. The number of ether oxygens (including phenoxy) is 7. The van der Waals surface area contributed by atoms with Crippen molar-refractivity contribution in [1.29, 1.82) is 0 Å². The minimum absolute atomic E-state index is 0.0362. The molecule has 0 radical (unpaired) electrons. The van der Waals surface area contributed by atoms with Crippen molar-refractivity contribution in [2.75, 3.05) is 41.0 Å². The number of amidine groups is 3. The number of nitrogens with two attached hydrogens (primary N) is 3. The summed E-state index contributed by atoms with van der Waals surface area (Å²) >= 11 is 23.2. The number of nitrogens with one attached hydrogen (secondary N) is 3. The highest BCUT2D eigenvalue weighted by molar-refractivity contribution is 7.12. The summed E-state index contributed by atoms with van der Waals surface area (Å²) in [4.78, 5) is 133. The number of aromatic nitrogens is 5. The van der Waals surface area contributed by atoms with Gasteiger partial charge in [-0.25, -0.2) is 76.4 Å². The minimum atomic E-state index is -0.928. The van der Waals surface area contributed by atoms with Gasteiger partial charge >= 0.3 is 42.3 Å². The van der Waals surface area contributed by atoms with Gasteiger partial charge in [-0.1, -0.05) is 53.0 Å². The van der Waals surface area contributed by atoms with Crippen LogP contribution in [0.2, 0.25) is 15.1 Å². The van der Waals surface area contributed by atoms with Crippen LogP contribution in [0.1, 0.15) is 152 Å². The van der Waals surface area contributed by atoms with Crippen molar-refractivity contribution in [2.24, 2.45) is 47.2 Å². The zero-order valence-corrected chi connectivity index (χ0v) is 74.0. The number of methoxy groups -OCH3 is 3. The highest BCUT2D eigenvalue weighted by Crippen LogP contribution is 2.47. The number of esters is 3. The number of alkyl carbamates (subject to hydrolysis) is 3. The van der Waals surface area contributed by atoms with E-state index in [-0.39, 0.29) is 63.6 Å². The lowest BCUT2D eigenvalue weighted by atomic mass is 9.94. The third-order valence-corrected chi connectivity index (χ3v) is 20.7. The second-order valence-electron chi connectivity index (χ2n) is 31.4. The van der Waals surface area contributed by atoms with E-state index >= 15 is 0 Å². The zero-order valence-electron chi connectivity index (χ0n) is 69.3. The number of nitrogens with zero attached hydrogens (tertiary/aromatic N) is 14. The number of aliphatic imine (C=N–C) groups is 6. The Kier molecular flexibility index (Phi) is 30.2. The Bertz CT molecular complexity index is 5370. The predicted molar refractivity (Wildman–Crippen MR) is 458 cm³/mol. The quantitative estimate of drug-likeness (QED) is 0.0303. The van der Waals surface area contributed by atoms with Gasteiger partial charge in [0, 0.05) is 141 Å². The lowest BCUT2D eigenvalue weighted by Gasteiger charge is -2.31. The highest BCUT2D eigenvalue weighted by Gasteiger charge is 2.47. The lowest BCUT2D eigenvalue weighted by Crippen LogP contribution is -2.47. The Morgan fingerprint density at radius 3 is 1.15 bits per heavy atom. The molecule has 7 aromatic rings. The van der Waals surface area contributed by atoms with Crippen molar-refractivity contribution < 1.29 is 79.9 Å². The molecule has 3 aromatic carbocycles. The normalized spacial score (nSPS) is 18.6. The van der Waals surface area contributed by atoms with E-state index in [0.29, 0.717) is 97.7 Å². The molecule has 6 atom stereocenters. The molecule has 0 saturated carbocycles. The first-order chi connectivity index (χ1) is 57.9. The number of thiazole rings is 3. The first-order valence-electron chi connectivity index (χ1n) is 37.7. The van der Waals surface area contributed by atoms with E-state index in [0.717, 1.165) is 11.8 Å². The van der Waals surface area contributed by atoms with E-state index in [9.17, 15) is 46.7 Å². The maximum Gasteiger partial charge on any atom is 0.437 e. The molecule has 3 fully saturated rings. The molecule has 43 heteroatoms. The van der Waals surface area contributed by atoms with Gasteiger partial charge in [-0.15, -0.1) is 39.0 Å². The van der Waals surface area contributed by atoms with Crippen LogP contribution < -0.4 is 33.2 Å². The van der Waals surface area contributed by atoms with E-state index < -0.39 is 106 Å². The van der Waals surface area contributed by atoms with Crippen LogP contribution in [0, 0.1) is 17.5 Å². The van der Waals surface area contributed by atoms with Crippen LogP contribution >= 0.6 is 68.8 Å². The Balaban J connectivity index is 0.000000178. The summed E-state index contributed by atoms with van der Waals surface area (Å²) in [6.45, 7) is 21.7. The molecule has 10 heterocycles. The molecule has 4 amide bonds. The number of carbonyl (C=O) groups excluding carboxylic acids is 7. The van der Waals surface area contributed by atoms with Gasteiger partial charge in [0.05, 0.1) is 50.1 Å². The molecule has 4 aromatic heterocycles. The van der Waals surface area contributed by atoms with E-state index in [4.69, 9.17) is 100 Å². The summed E-state index contributed by atoms with van der Waals surface area (Å²) in [5.74, 6) is -1.86. The molecule has 3 saturated heterocycles. The molecule has 123 heavy (non-hydrogen) atoms. The standard InChI is InChI=1S/C29H34ClFN6O6S.C19H18ClFN6O2S.C18H16ClFN4O2S.C14H22N4O4/c1-28(2,3)42-26(39)35-25(36-27(40)43-29(4,5)6)33-16-13-19-20(24(38)41-7)21(17-9-8-15(31)12-18(17)30)34-22(37(19)14-16)23-32-10-11-44-23;1-29-18(28)14-13-7-10(25-19(22)23)8-27(13)16(17-24-4-5-30-17)26-15(14)11-3-2-9(21)6-12(11)20;1-26-18(25)14-13-7-10(21)8-24(13)16(17-22-4-5-27-17)23-15(14)11-3-2-9(20)6-12(11)19;1-13(2,3)21-11(19)16-10(18-9-7-8-15-18)17-12(20)22-14(4,5)6/h8-12,16,21H,13-14H2,1-7H3,(H2,33,35,36,39,40);2-6,10,15H,7-8H2,1H3,(H4,22,23,25);2-6,10,15H,7-8,21H2,1H3;7-9H,1-6H3,(H,16,17,19,20)/t16-,21-;2*10-,15-;/m000./s1. The van der Waals surface area contributed by atoms with E-state index in [1.165, 1.54) is 115 Å². The van der Waals surface area contributed by atoms with Crippen LogP contribution in [-0.4, -0.2) is 199 Å². The largest absolute Gasteiger partial charge is 0.466 e. The molecule has 6 aliphatic heterocycles. The average Bonchev–Trinajstić information content (AvgIpc) is 1.25. The van der Waals surface area contributed by atoms with Crippen molar-refractivity contribution in [3.63, 3.8) is 0 Å². The first kappa shape index (κ1) is 93.6. The van der Waals surface area contributed by atoms with Crippen molar-refractivity contribution in [1.82, 2.24) is 55.4 Å². The van der Waals surface area contributed by atoms with E-state index in [1.807, 2.05) is 20.6 Å². The summed E-state index contributed by atoms with van der Waals surface area (Å²) in [6, 6.07) is 10.1. The molecular weight excluding hydrogens is 1720 g/mol. The number of benzene rings is 3. The fourth-order valence-electron chi connectivity index (χ4n) is 13.0. The number of carbonyl (C=O) groups is 7. The third-order valence-electron chi connectivity index (χ3n) is 17.4. The smallest absolute Gasteiger partial charge is 0.437 e. The minimum Gasteiger partial charge on any atom is -0.466 e. The van der Waals surface area contributed by atoms with Gasteiger partial charge in [0.1, 0.15) is 58.0 Å². The van der Waals surface area contributed by atoms with Crippen molar-refractivity contribution in [2.45, 2.75) is 161 Å². The maximum atomic E-state index is 14.0. The number of amides is 4. The van der Waals surface area contributed by atoms with Gasteiger partial charge < -0.3 is 65.1 Å². The summed E-state index contributed by atoms with van der Waals surface area (Å²) in [7, 11) is 3.87. The van der Waals surface area contributed by atoms with Gasteiger partial charge in [0.2, 0.25) is 11.9 Å². The Hall–Kier alpha value is -11.7. The van der Waals surface area contributed by atoms with Crippen LogP contribution in [0.15, 0.2) is 172 Å². The van der Waals surface area contributed by atoms with Crippen molar-refractivity contribution >= 4 is 146 Å². The molecule has 0 unspecified atom stereocenters. The number of halogens is 6. The Morgan fingerprint density at radius 2 is 0.837 bits per heavy atom. The van der Waals surface area contributed by atoms with Crippen LogP contribution in [0.4, 0.5) is 32.3 Å². The van der Waals surface area contributed by atoms with E-state index in [2.05, 4.69) is 51.0 Å². The number of rotatable bonds is 11. The molecule has 0 spiro atoms. The van der Waals surface area contributed by atoms with Gasteiger partial charge in [-0.3, -0.25) is 30.9 Å². The number of hydrogen-bond acceptors (Lipinski definition) is 30. The summed E-state index contributed by atoms with van der Waals surface area (Å²) in [5, 5.41) is 19.2. The topological polar surface area (TPSA) is 439 Å². The zero-order chi connectivity index (χ0) is 89.9. The summed E-state index contributed by atoms with van der Waals surface area (Å²) in [5.41, 5.74) is 18.6. The monoisotopic (exact) mass is 1810 g/mol. The fraction of sp³-hybridized carbons (Fsp3) is 0.388. The van der Waals surface area contributed by atoms with Crippen molar-refractivity contribution in [3.05, 3.63) is 206 Å².